The Balaban J connectivity index is 1.87. The lowest BCUT2D eigenvalue weighted by Gasteiger charge is -2.17. The molecule has 0 spiro atoms. The van der Waals surface area contributed by atoms with Crippen molar-refractivity contribution in [2.75, 3.05) is 6.54 Å². The van der Waals surface area contributed by atoms with Gasteiger partial charge >= 0.3 is 0 Å². The first-order chi connectivity index (χ1) is 12.0. The van der Waals surface area contributed by atoms with E-state index in [2.05, 4.69) is 5.32 Å². The van der Waals surface area contributed by atoms with Gasteiger partial charge in [-0.25, -0.2) is 12.8 Å². The molecule has 0 fully saturated rings. The summed E-state index contributed by atoms with van der Waals surface area (Å²) in [5, 5.41) is 5.32. The molecule has 0 saturated heterocycles. The van der Waals surface area contributed by atoms with Crippen LogP contribution in [0.15, 0.2) is 64.2 Å². The molecule has 25 heavy (non-hydrogen) atoms. The van der Waals surface area contributed by atoms with Crippen LogP contribution in [0.3, 0.4) is 0 Å². The minimum absolute atomic E-state index is 0.0256. The van der Waals surface area contributed by atoms with Gasteiger partial charge < -0.3 is 5.32 Å². The van der Waals surface area contributed by atoms with Gasteiger partial charge in [0, 0.05) is 11.4 Å². The highest BCUT2D eigenvalue weighted by molar-refractivity contribution is 7.91. The Morgan fingerprint density at radius 1 is 1.04 bits per heavy atom. The smallest absolute Gasteiger partial charge is 0.261 e. The van der Waals surface area contributed by atoms with E-state index in [-0.39, 0.29) is 17.3 Å². The van der Waals surface area contributed by atoms with Crippen molar-refractivity contribution >= 4 is 38.4 Å². The maximum atomic E-state index is 13.1. The van der Waals surface area contributed by atoms with Crippen molar-refractivity contribution in [2.24, 2.45) is 0 Å². The zero-order valence-electron chi connectivity index (χ0n) is 12.9. The molecule has 130 valence electrons. The van der Waals surface area contributed by atoms with Crippen LogP contribution in [0.25, 0.3) is 0 Å². The molecule has 2 heterocycles. The molecule has 1 amide bonds. The predicted octanol–water partition coefficient (Wildman–Crippen LogP) is 3.89. The molecule has 1 N–H and O–H groups in total. The Labute approximate surface area is 152 Å². The summed E-state index contributed by atoms with van der Waals surface area (Å²) < 4.78 is 39.1. The molecule has 0 aliphatic carbocycles. The second-order valence-corrected chi connectivity index (χ2v) is 9.25. The van der Waals surface area contributed by atoms with E-state index in [1.165, 1.54) is 34.8 Å². The number of rotatable bonds is 6. The van der Waals surface area contributed by atoms with Crippen molar-refractivity contribution in [1.82, 2.24) is 5.32 Å². The first kappa shape index (κ1) is 17.8. The van der Waals surface area contributed by atoms with Crippen molar-refractivity contribution in [3.05, 3.63) is 74.9 Å². The SMILES string of the molecule is O=C(NC[C@H](c1cccs1)S(=O)(=O)c1ccc(F)cc1)c1cccs1. The standard InChI is InChI=1S/C17H14FNO3S3/c18-12-5-7-13(8-6-12)25(21,22)16(14-3-1-9-23-14)11-19-17(20)15-4-2-10-24-15/h1-10,16H,11H2,(H,19,20)/t16-/m1/s1. The van der Waals surface area contributed by atoms with E-state index in [1.807, 2.05) is 0 Å². The molecule has 8 heteroatoms. The molecule has 4 nitrogen and oxygen atoms in total. The number of thiophene rings is 2. The van der Waals surface area contributed by atoms with Gasteiger partial charge in [0.2, 0.25) is 0 Å². The van der Waals surface area contributed by atoms with E-state index in [4.69, 9.17) is 0 Å². The van der Waals surface area contributed by atoms with Crippen molar-refractivity contribution < 1.29 is 17.6 Å². The highest BCUT2D eigenvalue weighted by Gasteiger charge is 2.30. The van der Waals surface area contributed by atoms with Crippen LogP contribution in [0.2, 0.25) is 0 Å². The van der Waals surface area contributed by atoms with Crippen molar-refractivity contribution in [3.63, 3.8) is 0 Å². The first-order valence-corrected chi connectivity index (χ1v) is 10.6. The summed E-state index contributed by atoms with van der Waals surface area (Å²) >= 11 is 2.59. The number of carbonyl (C=O) groups is 1. The summed E-state index contributed by atoms with van der Waals surface area (Å²) in [4.78, 5) is 13.3. The number of amides is 1. The number of hydrogen-bond acceptors (Lipinski definition) is 5. The highest BCUT2D eigenvalue weighted by atomic mass is 32.2. The van der Waals surface area contributed by atoms with E-state index >= 15 is 0 Å². The maximum Gasteiger partial charge on any atom is 0.261 e. The van der Waals surface area contributed by atoms with Crippen LogP contribution in [0.5, 0.6) is 0 Å². The summed E-state index contributed by atoms with van der Waals surface area (Å²) in [7, 11) is -3.77. The molecule has 0 aliphatic heterocycles. The number of halogens is 1. The van der Waals surface area contributed by atoms with Gasteiger partial charge in [0.05, 0.1) is 9.77 Å². The van der Waals surface area contributed by atoms with Crippen LogP contribution in [-0.2, 0) is 9.84 Å². The molecule has 3 aromatic rings. The Hall–Kier alpha value is -2.03. The number of sulfone groups is 1. The van der Waals surface area contributed by atoms with E-state index in [1.54, 1.807) is 35.0 Å². The molecule has 0 saturated carbocycles. The van der Waals surface area contributed by atoms with Crippen molar-refractivity contribution in [3.8, 4) is 0 Å². The molecular formula is C17H14FNO3S3. The highest BCUT2D eigenvalue weighted by Crippen LogP contribution is 2.31. The molecule has 0 bridgehead atoms. The van der Waals surface area contributed by atoms with E-state index in [0.29, 0.717) is 9.75 Å². The third kappa shape index (κ3) is 3.97. The maximum absolute atomic E-state index is 13.1. The lowest BCUT2D eigenvalue weighted by Crippen LogP contribution is -2.31. The predicted molar refractivity (Wildman–Crippen MR) is 97.3 cm³/mol. The van der Waals surface area contributed by atoms with Gasteiger partial charge in [-0.2, -0.15) is 0 Å². The van der Waals surface area contributed by atoms with Crippen molar-refractivity contribution in [2.45, 2.75) is 10.1 Å². The third-order valence-electron chi connectivity index (χ3n) is 3.57. The topological polar surface area (TPSA) is 63.2 Å². The minimum Gasteiger partial charge on any atom is -0.350 e. The quantitative estimate of drug-likeness (QED) is 0.644. The van der Waals surface area contributed by atoms with Gasteiger partial charge in [0.25, 0.3) is 5.91 Å². The summed E-state index contributed by atoms with van der Waals surface area (Å²) in [5.41, 5.74) is 0. The molecule has 2 aromatic heterocycles. The minimum atomic E-state index is -3.77. The van der Waals surface area contributed by atoms with E-state index in [9.17, 15) is 17.6 Å². The van der Waals surface area contributed by atoms with Crippen LogP contribution in [-0.4, -0.2) is 20.9 Å². The molecule has 0 aliphatic rings. The molecule has 0 radical (unpaired) electrons. The normalized spacial score (nSPS) is 12.7. The lowest BCUT2D eigenvalue weighted by molar-refractivity contribution is 0.0958. The summed E-state index contributed by atoms with van der Waals surface area (Å²) in [6.07, 6.45) is 0. The largest absolute Gasteiger partial charge is 0.350 e. The van der Waals surface area contributed by atoms with Crippen LogP contribution >= 0.6 is 22.7 Å². The Morgan fingerprint density at radius 3 is 2.32 bits per heavy atom. The number of carbonyl (C=O) groups excluding carboxylic acids is 1. The fourth-order valence-electron chi connectivity index (χ4n) is 2.31. The fraction of sp³-hybridized carbons (Fsp3) is 0.118. The molecule has 1 aromatic carbocycles. The summed E-state index contributed by atoms with van der Waals surface area (Å²) in [6, 6.07) is 11.6. The Morgan fingerprint density at radius 2 is 1.72 bits per heavy atom. The average Bonchev–Trinajstić information content (AvgIpc) is 3.29. The Kier molecular flexibility index (Phi) is 5.31. The van der Waals surface area contributed by atoms with Gasteiger partial charge in [-0.05, 0) is 47.2 Å². The second-order valence-electron chi connectivity index (χ2n) is 5.19. The monoisotopic (exact) mass is 395 g/mol. The Bertz CT molecular complexity index is 934. The van der Waals surface area contributed by atoms with Crippen LogP contribution in [0.4, 0.5) is 4.39 Å². The average molecular weight is 396 g/mol. The summed E-state index contributed by atoms with van der Waals surface area (Å²) in [5.74, 6) is -0.816. The molecule has 3 rings (SSSR count). The third-order valence-corrected chi connectivity index (χ3v) is 7.67. The van der Waals surface area contributed by atoms with Gasteiger partial charge in [-0.1, -0.05) is 12.1 Å². The fourth-order valence-corrected chi connectivity index (χ4v) is 5.73. The van der Waals surface area contributed by atoms with Crippen LogP contribution in [0.1, 0.15) is 19.8 Å². The zero-order valence-corrected chi connectivity index (χ0v) is 15.3. The second kappa shape index (κ2) is 7.47. The van der Waals surface area contributed by atoms with Crippen molar-refractivity contribution in [1.29, 1.82) is 0 Å². The number of nitrogens with one attached hydrogen (secondary N) is 1. The van der Waals surface area contributed by atoms with Gasteiger partial charge in [-0.15, -0.1) is 22.7 Å². The van der Waals surface area contributed by atoms with E-state index in [0.717, 1.165) is 12.1 Å². The van der Waals surface area contributed by atoms with Gasteiger partial charge in [0.1, 0.15) is 11.1 Å². The molecular weight excluding hydrogens is 381 g/mol. The zero-order chi connectivity index (χ0) is 17.9. The van der Waals surface area contributed by atoms with Crippen LogP contribution in [0, 0.1) is 5.82 Å². The van der Waals surface area contributed by atoms with Gasteiger partial charge in [-0.3, -0.25) is 4.79 Å². The van der Waals surface area contributed by atoms with E-state index < -0.39 is 20.9 Å². The molecule has 0 unspecified atom stereocenters. The van der Waals surface area contributed by atoms with Crippen LogP contribution < -0.4 is 5.32 Å². The number of benzene rings is 1. The number of hydrogen-bond donors (Lipinski definition) is 1. The summed E-state index contributed by atoms with van der Waals surface area (Å²) in [6.45, 7) is -0.0586. The first-order valence-electron chi connectivity index (χ1n) is 7.33. The lowest BCUT2D eigenvalue weighted by atomic mass is 10.3. The van der Waals surface area contributed by atoms with Gasteiger partial charge in [0.15, 0.2) is 9.84 Å². The molecule has 1 atom stereocenters.